The van der Waals surface area contributed by atoms with Gasteiger partial charge in [0.05, 0.1) is 5.69 Å². The molecule has 6 nitrogen and oxygen atoms in total. The van der Waals surface area contributed by atoms with Crippen molar-refractivity contribution in [2.45, 2.75) is 31.7 Å². The number of thioether (sulfide) groups is 1. The minimum absolute atomic E-state index is 0.745. The van der Waals surface area contributed by atoms with E-state index in [9.17, 15) is 0 Å². The molecule has 0 unspecified atom stereocenters. The molecule has 0 bridgehead atoms. The fourth-order valence-electron chi connectivity index (χ4n) is 2.71. The lowest BCUT2D eigenvalue weighted by atomic mass is 10.3. The number of pyridine rings is 1. The van der Waals surface area contributed by atoms with Gasteiger partial charge < -0.3 is 4.40 Å². The van der Waals surface area contributed by atoms with E-state index >= 15 is 0 Å². The lowest BCUT2D eigenvalue weighted by Gasteiger charge is -2.03. The molecule has 116 valence electrons. The van der Waals surface area contributed by atoms with E-state index in [1.807, 2.05) is 36.6 Å². The minimum atomic E-state index is 0.745. The second kappa shape index (κ2) is 5.34. The third kappa shape index (κ3) is 2.46. The van der Waals surface area contributed by atoms with Gasteiger partial charge in [-0.3, -0.25) is 4.40 Å². The molecule has 0 aromatic carbocycles. The van der Waals surface area contributed by atoms with Gasteiger partial charge in [-0.05, 0) is 32.4 Å². The molecule has 0 spiro atoms. The van der Waals surface area contributed by atoms with Crippen molar-refractivity contribution in [2.75, 3.05) is 0 Å². The van der Waals surface area contributed by atoms with Crippen LogP contribution in [0.3, 0.4) is 0 Å². The second-order valence-corrected chi connectivity index (χ2v) is 6.51. The average Bonchev–Trinajstić information content (AvgIpc) is 3.09. The highest BCUT2D eigenvalue weighted by molar-refractivity contribution is 7.98. The Bertz CT molecular complexity index is 1020. The highest BCUT2D eigenvalue weighted by atomic mass is 32.2. The zero-order valence-electron chi connectivity index (χ0n) is 13.2. The molecule has 0 N–H and O–H groups in total. The number of aryl methyl sites for hydroxylation is 3. The molecule has 0 aliphatic rings. The summed E-state index contributed by atoms with van der Waals surface area (Å²) in [6.45, 7) is 6.01. The van der Waals surface area contributed by atoms with Crippen molar-refractivity contribution in [3.63, 3.8) is 0 Å². The van der Waals surface area contributed by atoms with Crippen LogP contribution in [0.4, 0.5) is 0 Å². The van der Waals surface area contributed by atoms with Crippen molar-refractivity contribution in [1.82, 2.24) is 29.0 Å². The number of imidazole rings is 1. The van der Waals surface area contributed by atoms with Crippen molar-refractivity contribution in [3.8, 4) is 0 Å². The van der Waals surface area contributed by atoms with Gasteiger partial charge in [-0.1, -0.05) is 17.8 Å². The fraction of sp³-hybridized carbons (Fsp3) is 0.250. The SMILES string of the molecule is Cc1cc2nnc(SCc3cn4cccc(C)c4n3)n2c(C)n1. The number of rotatable bonds is 3. The molecule has 4 rings (SSSR count). The van der Waals surface area contributed by atoms with Crippen LogP contribution in [0.1, 0.15) is 22.8 Å². The summed E-state index contributed by atoms with van der Waals surface area (Å²) in [4.78, 5) is 9.18. The summed E-state index contributed by atoms with van der Waals surface area (Å²) in [6.07, 6.45) is 4.08. The van der Waals surface area contributed by atoms with Crippen LogP contribution in [0.25, 0.3) is 11.3 Å². The Morgan fingerprint density at radius 2 is 2.00 bits per heavy atom. The molecule has 0 amide bonds. The van der Waals surface area contributed by atoms with E-state index in [1.165, 1.54) is 5.56 Å². The van der Waals surface area contributed by atoms with E-state index in [0.717, 1.165) is 39.4 Å². The van der Waals surface area contributed by atoms with Crippen molar-refractivity contribution < 1.29 is 0 Å². The number of aromatic nitrogens is 6. The van der Waals surface area contributed by atoms with E-state index in [1.54, 1.807) is 11.8 Å². The Morgan fingerprint density at radius 3 is 2.83 bits per heavy atom. The third-order valence-electron chi connectivity index (χ3n) is 3.74. The van der Waals surface area contributed by atoms with Crippen LogP contribution in [0, 0.1) is 20.8 Å². The van der Waals surface area contributed by atoms with Gasteiger partial charge in [-0.25, -0.2) is 9.97 Å². The first-order valence-electron chi connectivity index (χ1n) is 7.37. The molecule has 0 atom stereocenters. The number of fused-ring (bicyclic) bond motifs is 2. The summed E-state index contributed by atoms with van der Waals surface area (Å²) in [6, 6.07) is 6.05. The maximum Gasteiger partial charge on any atom is 0.197 e. The summed E-state index contributed by atoms with van der Waals surface area (Å²) in [5.74, 6) is 1.65. The van der Waals surface area contributed by atoms with Gasteiger partial charge in [-0.15, -0.1) is 10.2 Å². The van der Waals surface area contributed by atoms with Crippen LogP contribution in [-0.2, 0) is 5.75 Å². The Balaban J connectivity index is 1.64. The molecule has 0 radical (unpaired) electrons. The van der Waals surface area contributed by atoms with E-state index < -0.39 is 0 Å². The van der Waals surface area contributed by atoms with Gasteiger partial charge in [0.1, 0.15) is 11.5 Å². The molecular weight excluding hydrogens is 308 g/mol. The van der Waals surface area contributed by atoms with Crippen LogP contribution in [0.15, 0.2) is 35.7 Å². The summed E-state index contributed by atoms with van der Waals surface area (Å²) < 4.78 is 4.04. The smallest absolute Gasteiger partial charge is 0.197 e. The van der Waals surface area contributed by atoms with Crippen LogP contribution in [-0.4, -0.2) is 29.0 Å². The Morgan fingerprint density at radius 1 is 1.13 bits per heavy atom. The van der Waals surface area contributed by atoms with Gasteiger partial charge in [0.2, 0.25) is 0 Å². The third-order valence-corrected chi connectivity index (χ3v) is 4.70. The zero-order chi connectivity index (χ0) is 16.0. The van der Waals surface area contributed by atoms with E-state index in [2.05, 4.69) is 38.8 Å². The van der Waals surface area contributed by atoms with E-state index in [0.29, 0.717) is 0 Å². The van der Waals surface area contributed by atoms with Crippen LogP contribution in [0.5, 0.6) is 0 Å². The number of hydrogen-bond donors (Lipinski definition) is 0. The Kier molecular flexibility index (Phi) is 3.30. The molecule has 0 aliphatic heterocycles. The van der Waals surface area contributed by atoms with Gasteiger partial charge >= 0.3 is 0 Å². The first-order valence-corrected chi connectivity index (χ1v) is 8.36. The van der Waals surface area contributed by atoms with Crippen molar-refractivity contribution in [1.29, 1.82) is 0 Å². The summed E-state index contributed by atoms with van der Waals surface area (Å²) in [7, 11) is 0. The zero-order valence-corrected chi connectivity index (χ0v) is 14.0. The molecule has 0 aliphatic carbocycles. The molecule has 23 heavy (non-hydrogen) atoms. The minimum Gasteiger partial charge on any atom is -0.307 e. The van der Waals surface area contributed by atoms with E-state index in [-0.39, 0.29) is 0 Å². The predicted octanol–water partition coefficient (Wildman–Crippen LogP) is 2.99. The summed E-state index contributed by atoms with van der Waals surface area (Å²) in [5, 5.41) is 9.37. The van der Waals surface area contributed by atoms with Gasteiger partial charge in [0.25, 0.3) is 0 Å². The van der Waals surface area contributed by atoms with Crippen LogP contribution < -0.4 is 0 Å². The second-order valence-electron chi connectivity index (χ2n) is 5.56. The van der Waals surface area contributed by atoms with Crippen molar-refractivity contribution in [3.05, 3.63) is 53.4 Å². The van der Waals surface area contributed by atoms with E-state index in [4.69, 9.17) is 4.98 Å². The molecule has 4 aromatic rings. The topological polar surface area (TPSA) is 60.4 Å². The highest BCUT2D eigenvalue weighted by Crippen LogP contribution is 2.23. The Hall–Kier alpha value is -2.41. The first kappa shape index (κ1) is 14.2. The molecule has 4 heterocycles. The molecule has 7 heteroatoms. The first-order chi connectivity index (χ1) is 11.1. The lowest BCUT2D eigenvalue weighted by molar-refractivity contribution is 0.854. The van der Waals surface area contributed by atoms with Crippen molar-refractivity contribution >= 4 is 23.1 Å². The van der Waals surface area contributed by atoms with Crippen molar-refractivity contribution in [2.24, 2.45) is 0 Å². The average molecular weight is 324 g/mol. The largest absolute Gasteiger partial charge is 0.307 e. The maximum atomic E-state index is 4.70. The Labute approximate surface area is 137 Å². The highest BCUT2D eigenvalue weighted by Gasteiger charge is 2.11. The lowest BCUT2D eigenvalue weighted by Crippen LogP contribution is -1.98. The molecule has 0 fully saturated rings. The monoisotopic (exact) mass is 324 g/mol. The summed E-state index contributed by atoms with van der Waals surface area (Å²) >= 11 is 1.62. The molecular formula is C16H16N6S. The normalized spacial score (nSPS) is 11.6. The standard InChI is InChI=1S/C16H16N6S/c1-10-5-4-6-21-8-13(18-15(10)21)9-23-16-20-19-14-7-11(2)17-12(3)22(14)16/h4-8H,9H2,1-3H3. The number of nitrogens with zero attached hydrogens (tertiary/aromatic N) is 6. The maximum absolute atomic E-state index is 4.70. The predicted molar refractivity (Wildman–Crippen MR) is 89.7 cm³/mol. The fourth-order valence-corrected chi connectivity index (χ4v) is 3.58. The molecule has 0 saturated carbocycles. The van der Waals surface area contributed by atoms with Crippen LogP contribution in [0.2, 0.25) is 0 Å². The van der Waals surface area contributed by atoms with Gasteiger partial charge in [0.15, 0.2) is 10.8 Å². The quantitative estimate of drug-likeness (QED) is 0.542. The van der Waals surface area contributed by atoms with Gasteiger partial charge in [-0.2, -0.15) is 0 Å². The molecule has 4 aromatic heterocycles. The molecule has 0 saturated heterocycles. The summed E-state index contributed by atoms with van der Waals surface area (Å²) in [5.41, 5.74) is 4.99. The van der Waals surface area contributed by atoms with Crippen LogP contribution >= 0.6 is 11.8 Å². The number of hydrogen-bond acceptors (Lipinski definition) is 5. The van der Waals surface area contributed by atoms with Gasteiger partial charge in [0, 0.05) is 29.9 Å².